The summed E-state index contributed by atoms with van der Waals surface area (Å²) in [5, 5.41) is 0. The molecule has 7 heteroatoms. The smallest absolute Gasteiger partial charge is 0.434 e. The summed E-state index contributed by atoms with van der Waals surface area (Å²) in [5.74, 6) is -0.860. The van der Waals surface area contributed by atoms with Gasteiger partial charge in [-0.3, -0.25) is 4.79 Å². The molecular weight excluding hydrogens is 187 g/mol. The second-order valence-electron chi connectivity index (χ2n) is 2.38. The van der Waals surface area contributed by atoms with Crippen LogP contribution in [0, 0.1) is 5.92 Å². The zero-order chi connectivity index (χ0) is 9.78. The number of ether oxygens (including phenoxy) is 1. The second kappa shape index (κ2) is 4.69. The van der Waals surface area contributed by atoms with Crippen LogP contribution in [0.2, 0.25) is 0 Å². The van der Waals surface area contributed by atoms with Gasteiger partial charge in [-0.25, -0.2) is 0 Å². The van der Waals surface area contributed by atoms with Crippen LogP contribution in [0.4, 0.5) is 0 Å². The highest BCUT2D eigenvalue weighted by Gasteiger charge is 2.33. The van der Waals surface area contributed by atoms with Crippen molar-refractivity contribution < 1.29 is 28.7 Å². The molecule has 0 rings (SSSR count). The van der Waals surface area contributed by atoms with Gasteiger partial charge in [-0.2, -0.15) is 14.7 Å². The normalized spacial score (nSPS) is 11.8. The van der Waals surface area contributed by atoms with Crippen molar-refractivity contribution in [3.8, 4) is 0 Å². The monoisotopic (exact) mass is 199 g/mol. The summed E-state index contributed by atoms with van der Waals surface area (Å²) < 4.78 is 8.35. The van der Waals surface area contributed by atoms with Crippen molar-refractivity contribution in [3.05, 3.63) is 0 Å². The van der Waals surface area contributed by atoms with Gasteiger partial charge in [-0.15, -0.1) is 4.52 Å². The van der Waals surface area contributed by atoms with Crippen molar-refractivity contribution in [1.29, 1.82) is 0 Å². The van der Waals surface area contributed by atoms with Crippen LogP contribution in [0.3, 0.4) is 0 Å². The average molecular weight is 199 g/mol. The topological polar surface area (TPSA) is 96.2 Å². The Labute approximate surface area is 70.4 Å². The van der Waals surface area contributed by atoms with Crippen molar-refractivity contribution in [3.63, 3.8) is 0 Å². The van der Waals surface area contributed by atoms with Crippen molar-refractivity contribution in [2.24, 2.45) is 5.92 Å². The van der Waals surface area contributed by atoms with E-state index < -0.39 is 20.9 Å². The zero-order valence-corrected chi connectivity index (χ0v) is 7.69. The minimum absolute atomic E-state index is 0.322. The van der Waals surface area contributed by atoms with Crippen LogP contribution in [0.25, 0.3) is 0 Å². The van der Waals surface area contributed by atoms with Gasteiger partial charge in [0.1, 0.15) is 0 Å². The van der Waals surface area contributed by atoms with Crippen molar-refractivity contribution >= 4 is 14.1 Å². The van der Waals surface area contributed by atoms with Crippen LogP contribution < -0.4 is 0 Å². The molecule has 0 unspecified atom stereocenters. The fraction of sp³-hybridized carbons (Fsp3) is 0.800. The fourth-order valence-corrected chi connectivity index (χ4v) is 0.516. The summed E-state index contributed by atoms with van der Waals surface area (Å²) in [6.07, 6.45) is 0. The first-order chi connectivity index (χ1) is 5.33. The summed E-state index contributed by atoms with van der Waals surface area (Å²) in [6, 6.07) is 0. The molecule has 0 aromatic heterocycles. The van der Waals surface area contributed by atoms with Crippen LogP contribution in [0.15, 0.2) is 0 Å². The lowest BCUT2D eigenvalue weighted by atomic mass is 10.2. The predicted molar refractivity (Wildman–Crippen MR) is 40.5 cm³/mol. The van der Waals surface area contributed by atoms with Crippen molar-refractivity contribution in [1.82, 2.24) is 0 Å². The molecule has 0 radical (unpaired) electrons. The Morgan fingerprint density at radius 3 is 2.25 bits per heavy atom. The van der Waals surface area contributed by atoms with E-state index in [0.29, 0.717) is 0 Å². The van der Waals surface area contributed by atoms with Crippen molar-refractivity contribution in [2.75, 3.05) is 6.79 Å². The highest BCUT2D eigenvalue weighted by Crippen LogP contribution is 2.45. The second-order valence-corrected chi connectivity index (χ2v) is 3.66. The lowest BCUT2D eigenvalue weighted by Crippen LogP contribution is -2.14. The molecule has 0 spiro atoms. The maximum atomic E-state index is 10.7. The summed E-state index contributed by atoms with van der Waals surface area (Å²) in [5.41, 5.74) is 0. The Bertz CT molecular complexity index is 151. The molecular formula is C5H12O6P+. The lowest BCUT2D eigenvalue weighted by Gasteiger charge is -2.06. The average Bonchev–Trinajstić information content (AvgIpc) is 1.84. The van der Waals surface area contributed by atoms with Gasteiger partial charge in [0.15, 0.2) is 0 Å². The van der Waals surface area contributed by atoms with Gasteiger partial charge >= 0.3 is 14.1 Å². The van der Waals surface area contributed by atoms with E-state index in [9.17, 15) is 4.79 Å². The molecule has 3 N–H and O–H groups in total. The lowest BCUT2D eigenvalue weighted by molar-refractivity contribution is -0.155. The molecule has 0 saturated heterocycles. The first kappa shape index (κ1) is 11.7. The molecule has 72 valence electrons. The molecule has 0 aromatic rings. The van der Waals surface area contributed by atoms with Crippen LogP contribution >= 0.6 is 8.17 Å². The molecule has 0 amide bonds. The predicted octanol–water partition coefficient (Wildman–Crippen LogP) is -0.186. The van der Waals surface area contributed by atoms with Gasteiger partial charge in [0, 0.05) is 0 Å². The molecule has 0 heterocycles. The Hall–Kier alpha value is -0.260. The van der Waals surface area contributed by atoms with Gasteiger partial charge < -0.3 is 4.74 Å². The van der Waals surface area contributed by atoms with Gasteiger partial charge in [-0.05, 0) is 0 Å². The summed E-state index contributed by atoms with van der Waals surface area (Å²) in [7, 11) is -4.28. The van der Waals surface area contributed by atoms with E-state index in [1.807, 2.05) is 0 Å². The van der Waals surface area contributed by atoms with E-state index >= 15 is 0 Å². The molecule has 0 aliphatic heterocycles. The van der Waals surface area contributed by atoms with Gasteiger partial charge in [0.05, 0.1) is 5.92 Å². The standard InChI is InChI=1S/C5H12O6P/c1-4(2)5(6)10-3-11-12(7,8)9/h4,7-9H,3H2,1-2H3/q+1. The molecule has 0 aromatic carbocycles. The maximum absolute atomic E-state index is 10.7. The molecule has 0 aliphatic carbocycles. The Morgan fingerprint density at radius 2 is 1.92 bits per heavy atom. The third kappa shape index (κ3) is 6.45. The first-order valence-electron chi connectivity index (χ1n) is 3.21. The molecule has 0 saturated carbocycles. The quantitative estimate of drug-likeness (QED) is 0.330. The summed E-state index contributed by atoms with van der Waals surface area (Å²) in [6.45, 7) is 2.57. The van der Waals surface area contributed by atoms with Crippen LogP contribution in [-0.4, -0.2) is 27.4 Å². The first-order valence-corrected chi connectivity index (χ1v) is 4.78. The van der Waals surface area contributed by atoms with E-state index in [2.05, 4.69) is 9.26 Å². The molecule has 0 atom stereocenters. The molecule has 0 fully saturated rings. The van der Waals surface area contributed by atoms with E-state index in [4.69, 9.17) is 14.7 Å². The van der Waals surface area contributed by atoms with Gasteiger partial charge in [0.2, 0.25) is 6.79 Å². The van der Waals surface area contributed by atoms with Gasteiger partial charge in [0.25, 0.3) is 0 Å². The molecule has 0 aliphatic rings. The number of hydrogen-bond acceptors (Lipinski definition) is 6. The molecule has 0 bridgehead atoms. The SMILES string of the molecule is CC(C)C(=O)OCO[P+](O)(O)O. The maximum Gasteiger partial charge on any atom is 0.570 e. The van der Waals surface area contributed by atoms with Crippen LogP contribution in [0.5, 0.6) is 0 Å². The van der Waals surface area contributed by atoms with Crippen LogP contribution in [-0.2, 0) is 14.1 Å². The number of carbonyl (C=O) groups is 1. The zero-order valence-electron chi connectivity index (χ0n) is 6.80. The van der Waals surface area contributed by atoms with Crippen molar-refractivity contribution in [2.45, 2.75) is 13.8 Å². The number of esters is 1. The van der Waals surface area contributed by atoms with Crippen LogP contribution in [0.1, 0.15) is 13.8 Å². The van der Waals surface area contributed by atoms with E-state index in [1.165, 1.54) is 0 Å². The Morgan fingerprint density at radius 1 is 1.42 bits per heavy atom. The number of hydrogen-bond donors (Lipinski definition) is 3. The molecule has 12 heavy (non-hydrogen) atoms. The van der Waals surface area contributed by atoms with E-state index in [-0.39, 0.29) is 5.92 Å². The fourth-order valence-electron chi connectivity index (χ4n) is 0.322. The third-order valence-electron chi connectivity index (χ3n) is 0.898. The highest BCUT2D eigenvalue weighted by atomic mass is 31.2. The minimum atomic E-state index is -4.28. The van der Waals surface area contributed by atoms with E-state index in [1.54, 1.807) is 13.8 Å². The highest BCUT2D eigenvalue weighted by molar-refractivity contribution is 7.53. The molecule has 6 nitrogen and oxygen atoms in total. The minimum Gasteiger partial charge on any atom is -0.434 e. The summed E-state index contributed by atoms with van der Waals surface area (Å²) in [4.78, 5) is 35.5. The van der Waals surface area contributed by atoms with Gasteiger partial charge in [-0.1, -0.05) is 13.8 Å². The largest absolute Gasteiger partial charge is 0.570 e. The Balaban J connectivity index is 3.51. The summed E-state index contributed by atoms with van der Waals surface area (Å²) >= 11 is 0. The third-order valence-corrected chi connectivity index (χ3v) is 1.35. The van der Waals surface area contributed by atoms with E-state index in [0.717, 1.165) is 0 Å². The number of rotatable bonds is 4. The number of carbonyl (C=O) groups excluding carboxylic acids is 1. The Kier molecular flexibility index (Phi) is 4.59.